The summed E-state index contributed by atoms with van der Waals surface area (Å²) >= 11 is 0. The Morgan fingerprint density at radius 2 is 2.37 bits per heavy atom. The van der Waals surface area contributed by atoms with Crippen LogP contribution in [-0.4, -0.2) is 35.2 Å². The molecule has 5 heteroatoms. The Bertz CT molecular complexity index is 440. The Balaban J connectivity index is 2.24. The number of aryl methyl sites for hydroxylation is 1. The molecule has 1 N–H and O–H groups in total. The molecular weight excluding hydrogens is 242 g/mol. The number of aromatic nitrogens is 2. The van der Waals surface area contributed by atoms with E-state index in [2.05, 4.69) is 21.8 Å². The number of nitrogens with zero attached hydrogens (tertiary/aromatic N) is 2. The summed E-state index contributed by atoms with van der Waals surface area (Å²) in [5.41, 5.74) is -0.613. The van der Waals surface area contributed by atoms with E-state index in [0.717, 1.165) is 31.5 Å². The molecule has 106 valence electrons. The van der Waals surface area contributed by atoms with Crippen LogP contribution < -0.4 is 5.32 Å². The number of hydrogen-bond donors (Lipinski definition) is 1. The molecule has 0 radical (unpaired) electrons. The third-order valence-electron chi connectivity index (χ3n) is 3.97. The first kappa shape index (κ1) is 14.1. The summed E-state index contributed by atoms with van der Waals surface area (Å²) in [6, 6.07) is 0. The Morgan fingerprint density at radius 1 is 1.63 bits per heavy atom. The molecule has 1 fully saturated rings. The molecule has 5 nitrogen and oxygen atoms in total. The van der Waals surface area contributed by atoms with E-state index in [9.17, 15) is 4.79 Å². The number of likely N-dealkylation sites (N-methyl/N-ethyl adjacent to an activating group) is 1. The summed E-state index contributed by atoms with van der Waals surface area (Å²) in [6.07, 6.45) is 7.88. The Morgan fingerprint density at radius 3 is 2.89 bits per heavy atom. The molecule has 1 saturated carbocycles. The first-order chi connectivity index (χ1) is 9.17. The second-order valence-corrected chi connectivity index (χ2v) is 5.21. The molecule has 1 aromatic rings. The van der Waals surface area contributed by atoms with Crippen molar-refractivity contribution in [1.82, 2.24) is 14.9 Å². The highest BCUT2D eigenvalue weighted by Gasteiger charge is 2.51. The van der Waals surface area contributed by atoms with Crippen molar-refractivity contribution < 1.29 is 9.53 Å². The first-order valence-electron chi connectivity index (χ1n) is 6.95. The van der Waals surface area contributed by atoms with Gasteiger partial charge in [0, 0.05) is 18.8 Å². The molecule has 0 spiro atoms. The minimum absolute atomic E-state index is 0.173. The van der Waals surface area contributed by atoms with E-state index in [-0.39, 0.29) is 5.97 Å². The average Bonchev–Trinajstić information content (AvgIpc) is 3.19. The molecule has 0 amide bonds. The van der Waals surface area contributed by atoms with Gasteiger partial charge in [0.1, 0.15) is 11.4 Å². The van der Waals surface area contributed by atoms with Gasteiger partial charge in [-0.2, -0.15) is 0 Å². The topological polar surface area (TPSA) is 56.2 Å². The number of carbonyl (C=O) groups is 1. The Kier molecular flexibility index (Phi) is 4.24. The van der Waals surface area contributed by atoms with Gasteiger partial charge in [0.15, 0.2) is 0 Å². The van der Waals surface area contributed by atoms with Crippen molar-refractivity contribution in [2.45, 2.75) is 44.7 Å². The lowest BCUT2D eigenvalue weighted by Crippen LogP contribution is -2.56. The van der Waals surface area contributed by atoms with Gasteiger partial charge < -0.3 is 14.6 Å². The van der Waals surface area contributed by atoms with Gasteiger partial charge >= 0.3 is 5.97 Å². The van der Waals surface area contributed by atoms with Crippen molar-refractivity contribution in [3.63, 3.8) is 0 Å². The van der Waals surface area contributed by atoms with E-state index in [1.54, 1.807) is 6.20 Å². The van der Waals surface area contributed by atoms with E-state index in [0.29, 0.717) is 12.5 Å². The minimum atomic E-state index is -0.613. The van der Waals surface area contributed by atoms with Crippen LogP contribution in [0.25, 0.3) is 0 Å². The SMILES string of the molecule is CCCc1nccn1CC(NC)(C(=O)OC)C1CC1. The van der Waals surface area contributed by atoms with Gasteiger partial charge in [-0.25, -0.2) is 9.78 Å². The van der Waals surface area contributed by atoms with Crippen LogP contribution in [-0.2, 0) is 22.5 Å². The molecule has 19 heavy (non-hydrogen) atoms. The monoisotopic (exact) mass is 265 g/mol. The van der Waals surface area contributed by atoms with Crippen LogP contribution in [0.2, 0.25) is 0 Å². The van der Waals surface area contributed by atoms with Crippen molar-refractivity contribution in [2.75, 3.05) is 14.2 Å². The third-order valence-corrected chi connectivity index (χ3v) is 3.97. The van der Waals surface area contributed by atoms with E-state index in [1.165, 1.54) is 7.11 Å². The fraction of sp³-hybridized carbons (Fsp3) is 0.714. The average molecular weight is 265 g/mol. The second kappa shape index (κ2) is 5.74. The van der Waals surface area contributed by atoms with Gasteiger partial charge in [0.05, 0.1) is 13.7 Å². The fourth-order valence-corrected chi connectivity index (χ4v) is 2.71. The normalized spacial score (nSPS) is 18.1. The summed E-state index contributed by atoms with van der Waals surface area (Å²) in [4.78, 5) is 16.6. The lowest BCUT2D eigenvalue weighted by molar-refractivity contribution is -0.150. The standard InChI is InChI=1S/C14H23N3O2/c1-4-5-12-16-8-9-17(12)10-14(15-2,11-6-7-11)13(18)19-3/h8-9,11,15H,4-7,10H2,1-3H3. The zero-order valence-electron chi connectivity index (χ0n) is 12.0. The van der Waals surface area contributed by atoms with Gasteiger partial charge in [-0.3, -0.25) is 0 Å². The molecule has 1 aliphatic carbocycles. The zero-order valence-corrected chi connectivity index (χ0v) is 12.0. The summed E-state index contributed by atoms with van der Waals surface area (Å²) in [5, 5.41) is 3.21. The minimum Gasteiger partial charge on any atom is -0.468 e. The highest BCUT2D eigenvalue weighted by atomic mass is 16.5. The Hall–Kier alpha value is -1.36. The zero-order chi connectivity index (χ0) is 13.9. The maximum absolute atomic E-state index is 12.2. The molecule has 2 rings (SSSR count). The van der Waals surface area contributed by atoms with Crippen molar-refractivity contribution in [2.24, 2.45) is 5.92 Å². The molecule has 0 aromatic carbocycles. The second-order valence-electron chi connectivity index (χ2n) is 5.21. The number of nitrogens with one attached hydrogen (secondary N) is 1. The molecule has 1 aromatic heterocycles. The number of carbonyl (C=O) groups excluding carboxylic acids is 1. The van der Waals surface area contributed by atoms with Crippen LogP contribution >= 0.6 is 0 Å². The lowest BCUT2D eigenvalue weighted by atomic mass is 9.93. The van der Waals surface area contributed by atoms with E-state index < -0.39 is 5.54 Å². The van der Waals surface area contributed by atoms with Crippen molar-refractivity contribution >= 4 is 5.97 Å². The van der Waals surface area contributed by atoms with Gasteiger partial charge in [-0.05, 0) is 32.2 Å². The number of ether oxygens (including phenoxy) is 1. The summed E-state index contributed by atoms with van der Waals surface area (Å²) < 4.78 is 7.10. The maximum atomic E-state index is 12.2. The molecule has 1 unspecified atom stereocenters. The van der Waals surface area contributed by atoms with Crippen molar-refractivity contribution in [3.8, 4) is 0 Å². The molecule has 0 bridgehead atoms. The lowest BCUT2D eigenvalue weighted by Gasteiger charge is -2.31. The maximum Gasteiger partial charge on any atom is 0.328 e. The van der Waals surface area contributed by atoms with Crippen LogP contribution in [0.5, 0.6) is 0 Å². The summed E-state index contributed by atoms with van der Waals surface area (Å²) in [7, 11) is 3.29. The fourth-order valence-electron chi connectivity index (χ4n) is 2.71. The molecule has 1 heterocycles. The number of esters is 1. The molecular formula is C14H23N3O2. The van der Waals surface area contributed by atoms with Gasteiger partial charge in [0.25, 0.3) is 0 Å². The van der Waals surface area contributed by atoms with Crippen LogP contribution in [0.1, 0.15) is 32.0 Å². The third kappa shape index (κ3) is 2.66. The number of hydrogen-bond acceptors (Lipinski definition) is 4. The van der Waals surface area contributed by atoms with E-state index in [1.807, 2.05) is 13.2 Å². The van der Waals surface area contributed by atoms with E-state index in [4.69, 9.17) is 4.74 Å². The van der Waals surface area contributed by atoms with Crippen molar-refractivity contribution in [1.29, 1.82) is 0 Å². The van der Waals surface area contributed by atoms with Gasteiger partial charge in [0.2, 0.25) is 0 Å². The molecule has 0 aliphatic heterocycles. The van der Waals surface area contributed by atoms with Crippen LogP contribution in [0.15, 0.2) is 12.4 Å². The number of rotatable bonds is 7. The molecule has 0 saturated heterocycles. The van der Waals surface area contributed by atoms with E-state index >= 15 is 0 Å². The largest absolute Gasteiger partial charge is 0.468 e. The van der Waals surface area contributed by atoms with Gasteiger partial charge in [-0.1, -0.05) is 6.92 Å². The smallest absolute Gasteiger partial charge is 0.328 e. The van der Waals surface area contributed by atoms with Crippen LogP contribution in [0.4, 0.5) is 0 Å². The van der Waals surface area contributed by atoms with Crippen LogP contribution in [0, 0.1) is 5.92 Å². The number of imidazole rings is 1. The number of methoxy groups -OCH3 is 1. The Labute approximate surface area is 114 Å². The predicted molar refractivity (Wildman–Crippen MR) is 72.8 cm³/mol. The van der Waals surface area contributed by atoms with Gasteiger partial charge in [-0.15, -0.1) is 0 Å². The van der Waals surface area contributed by atoms with Crippen molar-refractivity contribution in [3.05, 3.63) is 18.2 Å². The molecule has 1 aliphatic rings. The predicted octanol–water partition coefficient (Wildman–Crippen LogP) is 1.38. The first-order valence-corrected chi connectivity index (χ1v) is 6.95. The quantitative estimate of drug-likeness (QED) is 0.757. The summed E-state index contributed by atoms with van der Waals surface area (Å²) in [5.74, 6) is 1.22. The summed E-state index contributed by atoms with van der Waals surface area (Å²) in [6.45, 7) is 2.72. The van der Waals surface area contributed by atoms with Crippen LogP contribution in [0.3, 0.4) is 0 Å². The highest BCUT2D eigenvalue weighted by molar-refractivity contribution is 5.81. The molecule has 1 atom stereocenters. The highest BCUT2D eigenvalue weighted by Crippen LogP contribution is 2.41.